The number of hydrogen-bond donors (Lipinski definition) is 3. The highest BCUT2D eigenvalue weighted by molar-refractivity contribution is 5.82. The molecule has 0 saturated carbocycles. The second kappa shape index (κ2) is 9.15. The number of nitrogens with one attached hydrogen (secondary N) is 1. The van der Waals surface area contributed by atoms with Crippen LogP contribution in [0.25, 0.3) is 0 Å². The summed E-state index contributed by atoms with van der Waals surface area (Å²) in [5.41, 5.74) is 0. The van der Waals surface area contributed by atoms with Gasteiger partial charge in [-0.15, -0.1) is 0 Å². The molecule has 0 aliphatic heterocycles. The lowest BCUT2D eigenvalue weighted by molar-refractivity contribution is -0.143. The summed E-state index contributed by atoms with van der Waals surface area (Å²) in [5.74, 6) is -1.64. The molecule has 8 heteroatoms. The third-order valence-electron chi connectivity index (χ3n) is 2.32. The molecule has 0 fully saturated rings. The van der Waals surface area contributed by atoms with Crippen LogP contribution in [0.2, 0.25) is 0 Å². The van der Waals surface area contributed by atoms with Crippen molar-refractivity contribution >= 4 is 18.0 Å². The van der Waals surface area contributed by atoms with Crippen LogP contribution in [-0.2, 0) is 14.3 Å². The van der Waals surface area contributed by atoms with Crippen LogP contribution in [0, 0.1) is 0 Å². The van der Waals surface area contributed by atoms with Crippen LogP contribution in [0.15, 0.2) is 0 Å². The molecule has 0 saturated heterocycles. The molecule has 0 aliphatic rings. The van der Waals surface area contributed by atoms with Gasteiger partial charge in [-0.3, -0.25) is 4.79 Å². The molecular formula is C11H20N2O6. The number of amides is 2. The number of hydrogen-bond acceptors (Lipinski definition) is 5. The van der Waals surface area contributed by atoms with Crippen molar-refractivity contribution in [3.8, 4) is 0 Å². The van der Waals surface area contributed by atoms with Gasteiger partial charge in [0.1, 0.15) is 6.04 Å². The summed E-state index contributed by atoms with van der Waals surface area (Å²) in [4.78, 5) is 34.7. The highest BCUT2D eigenvalue weighted by atomic mass is 16.5. The number of ether oxygens (including phenoxy) is 1. The van der Waals surface area contributed by atoms with Gasteiger partial charge in [0.05, 0.1) is 13.0 Å². The number of carboxylic acid groups (broad SMARTS) is 1. The van der Waals surface area contributed by atoms with Gasteiger partial charge < -0.3 is 25.2 Å². The summed E-state index contributed by atoms with van der Waals surface area (Å²) in [6.45, 7) is 1.73. The normalized spacial score (nSPS) is 11.5. The molecule has 2 amide bonds. The maximum absolute atomic E-state index is 11.6. The van der Waals surface area contributed by atoms with Crippen molar-refractivity contribution in [1.82, 2.24) is 10.2 Å². The second-order valence-corrected chi connectivity index (χ2v) is 3.83. The molecule has 0 rings (SSSR count). The van der Waals surface area contributed by atoms with Gasteiger partial charge in [-0.1, -0.05) is 0 Å². The number of carboxylic acids is 1. The van der Waals surface area contributed by atoms with Gasteiger partial charge >= 0.3 is 18.0 Å². The third kappa shape index (κ3) is 7.24. The molecule has 0 unspecified atom stereocenters. The van der Waals surface area contributed by atoms with E-state index in [1.54, 1.807) is 6.92 Å². The van der Waals surface area contributed by atoms with E-state index in [0.29, 0.717) is 0 Å². The number of carbonyl (C=O) groups is 3. The van der Waals surface area contributed by atoms with Gasteiger partial charge in [-0.2, -0.15) is 0 Å². The average molecular weight is 276 g/mol. The van der Waals surface area contributed by atoms with Crippen LogP contribution in [0.1, 0.15) is 19.8 Å². The quantitative estimate of drug-likeness (QED) is 0.511. The molecule has 1 atom stereocenters. The van der Waals surface area contributed by atoms with Crippen LogP contribution in [0.4, 0.5) is 4.79 Å². The molecule has 110 valence electrons. The molecule has 19 heavy (non-hydrogen) atoms. The monoisotopic (exact) mass is 276 g/mol. The highest BCUT2D eigenvalue weighted by Gasteiger charge is 2.21. The first kappa shape index (κ1) is 17.2. The van der Waals surface area contributed by atoms with Crippen LogP contribution in [0.5, 0.6) is 0 Å². The zero-order chi connectivity index (χ0) is 14.8. The van der Waals surface area contributed by atoms with E-state index in [9.17, 15) is 14.4 Å². The predicted octanol–water partition coefficient (Wildman–Crippen LogP) is -0.583. The Bertz CT molecular complexity index is 320. The average Bonchev–Trinajstić information content (AvgIpc) is 2.35. The van der Waals surface area contributed by atoms with Crippen molar-refractivity contribution in [2.24, 2.45) is 0 Å². The van der Waals surface area contributed by atoms with E-state index in [-0.39, 0.29) is 32.6 Å². The van der Waals surface area contributed by atoms with Gasteiger partial charge in [0.2, 0.25) is 0 Å². The molecule has 0 radical (unpaired) electrons. The van der Waals surface area contributed by atoms with E-state index in [2.05, 4.69) is 5.32 Å². The van der Waals surface area contributed by atoms with Crippen molar-refractivity contribution in [3.05, 3.63) is 0 Å². The van der Waals surface area contributed by atoms with E-state index in [1.165, 1.54) is 11.9 Å². The minimum absolute atomic E-state index is 0.0372. The summed E-state index contributed by atoms with van der Waals surface area (Å²) in [7, 11) is 1.44. The molecule has 0 aliphatic carbocycles. The van der Waals surface area contributed by atoms with E-state index < -0.39 is 24.0 Å². The molecular weight excluding hydrogens is 256 g/mol. The largest absolute Gasteiger partial charge is 0.480 e. The van der Waals surface area contributed by atoms with Crippen molar-refractivity contribution < 1.29 is 29.3 Å². The fraction of sp³-hybridized carbons (Fsp3) is 0.727. The van der Waals surface area contributed by atoms with Gasteiger partial charge in [0, 0.05) is 26.6 Å². The highest BCUT2D eigenvalue weighted by Crippen LogP contribution is 1.96. The maximum atomic E-state index is 11.6. The van der Waals surface area contributed by atoms with Crippen LogP contribution < -0.4 is 5.32 Å². The lowest BCUT2D eigenvalue weighted by atomic mass is 10.2. The number of aliphatic hydroxyl groups excluding tert-OH is 1. The van der Waals surface area contributed by atoms with Gasteiger partial charge in [-0.05, 0) is 6.92 Å². The van der Waals surface area contributed by atoms with Crippen molar-refractivity contribution in [3.63, 3.8) is 0 Å². The smallest absolute Gasteiger partial charge is 0.326 e. The van der Waals surface area contributed by atoms with E-state index >= 15 is 0 Å². The third-order valence-corrected chi connectivity index (χ3v) is 2.32. The summed E-state index contributed by atoms with van der Waals surface area (Å²) < 4.78 is 4.71. The molecule has 0 spiro atoms. The minimum Gasteiger partial charge on any atom is -0.480 e. The van der Waals surface area contributed by atoms with Crippen molar-refractivity contribution in [2.75, 3.05) is 26.8 Å². The van der Waals surface area contributed by atoms with E-state index in [0.717, 1.165) is 0 Å². The SMILES string of the molecule is CCOC(=O)CCN(C)C(=O)N[C@@H](CCO)C(=O)O. The van der Waals surface area contributed by atoms with Crippen molar-refractivity contribution in [1.29, 1.82) is 0 Å². The summed E-state index contributed by atoms with van der Waals surface area (Å²) in [6.07, 6.45) is -0.0394. The topological polar surface area (TPSA) is 116 Å². The number of esters is 1. The molecule has 0 aromatic carbocycles. The lowest BCUT2D eigenvalue weighted by Crippen LogP contribution is -2.47. The Morgan fingerprint density at radius 1 is 1.37 bits per heavy atom. The minimum atomic E-state index is -1.22. The fourth-order valence-corrected chi connectivity index (χ4v) is 1.24. The Morgan fingerprint density at radius 3 is 2.47 bits per heavy atom. The Labute approximate surface area is 111 Å². The Hall–Kier alpha value is -1.83. The summed E-state index contributed by atoms with van der Waals surface area (Å²) >= 11 is 0. The second-order valence-electron chi connectivity index (χ2n) is 3.83. The molecule has 8 nitrogen and oxygen atoms in total. The van der Waals surface area contributed by atoms with Gasteiger partial charge in [0.25, 0.3) is 0 Å². The first-order valence-electron chi connectivity index (χ1n) is 5.93. The number of rotatable bonds is 8. The van der Waals surface area contributed by atoms with E-state index in [1.807, 2.05) is 0 Å². The Kier molecular flexibility index (Phi) is 8.27. The standard InChI is InChI=1S/C11H20N2O6/c1-3-19-9(15)4-6-13(2)11(18)12-8(5-7-14)10(16)17/h8,14H,3-7H2,1-2H3,(H,12,18)(H,16,17)/t8-/m0/s1. The maximum Gasteiger partial charge on any atom is 0.326 e. The van der Waals surface area contributed by atoms with Crippen LogP contribution in [0.3, 0.4) is 0 Å². The zero-order valence-electron chi connectivity index (χ0n) is 11.1. The van der Waals surface area contributed by atoms with Gasteiger partial charge in [-0.25, -0.2) is 9.59 Å². The summed E-state index contributed by atoms with van der Waals surface area (Å²) in [5, 5.41) is 19.7. The molecule has 0 bridgehead atoms. The first-order chi connectivity index (χ1) is 8.92. The molecule has 0 aromatic rings. The van der Waals surface area contributed by atoms with E-state index in [4.69, 9.17) is 14.9 Å². The number of urea groups is 1. The number of aliphatic carboxylic acids is 1. The number of carbonyl (C=O) groups excluding carboxylic acids is 2. The molecule has 0 aromatic heterocycles. The van der Waals surface area contributed by atoms with Crippen LogP contribution >= 0.6 is 0 Å². The lowest BCUT2D eigenvalue weighted by Gasteiger charge is -2.20. The summed E-state index contributed by atoms with van der Waals surface area (Å²) in [6, 6.07) is -1.77. The Morgan fingerprint density at radius 2 is 2.00 bits per heavy atom. The number of aliphatic hydroxyl groups is 1. The first-order valence-corrected chi connectivity index (χ1v) is 5.93. The Balaban J connectivity index is 4.17. The van der Waals surface area contributed by atoms with Crippen LogP contribution in [-0.4, -0.2) is 65.9 Å². The fourth-order valence-electron chi connectivity index (χ4n) is 1.24. The zero-order valence-corrected chi connectivity index (χ0v) is 11.1. The number of nitrogens with zero attached hydrogens (tertiary/aromatic N) is 1. The molecule has 0 heterocycles. The van der Waals surface area contributed by atoms with Gasteiger partial charge in [0.15, 0.2) is 0 Å². The predicted molar refractivity (Wildman–Crippen MR) is 65.5 cm³/mol. The molecule has 3 N–H and O–H groups in total. The van der Waals surface area contributed by atoms with Crippen molar-refractivity contribution in [2.45, 2.75) is 25.8 Å².